The van der Waals surface area contributed by atoms with Gasteiger partial charge in [-0.05, 0) is 48.4 Å². The number of hydrogen-bond donors (Lipinski definition) is 1. The van der Waals surface area contributed by atoms with Crippen molar-refractivity contribution in [2.24, 2.45) is 0 Å². The molecule has 0 aliphatic rings. The number of fused-ring (bicyclic) bond motifs is 1. The Balaban J connectivity index is 1.62. The highest BCUT2D eigenvalue weighted by molar-refractivity contribution is 5.80. The van der Waals surface area contributed by atoms with Crippen LogP contribution in [0.3, 0.4) is 0 Å². The fourth-order valence-corrected chi connectivity index (χ4v) is 3.68. The first-order valence-corrected chi connectivity index (χ1v) is 9.94. The number of benzene rings is 2. The highest BCUT2D eigenvalue weighted by Gasteiger charge is 2.14. The Morgan fingerprint density at radius 1 is 1.11 bits per heavy atom. The van der Waals surface area contributed by atoms with E-state index >= 15 is 0 Å². The van der Waals surface area contributed by atoms with Crippen LogP contribution in [0.15, 0.2) is 61.2 Å². The molecule has 0 saturated heterocycles. The fraction of sp³-hybridized carbons (Fsp3) is 0.304. The van der Waals surface area contributed by atoms with Gasteiger partial charge in [-0.2, -0.15) is 0 Å². The standard InChI is InChI=1S/C23H25FN4/c1-2-3-4-5-19(15-28-13-12-25-16-28)18-8-11-21-22(14-18)27-23(26-21)17-6-9-20(24)10-7-17/h6-14,16,19H,2-5,15H2,1H3,(H,26,27). The maximum atomic E-state index is 13.2. The molecule has 5 heteroatoms. The molecule has 0 bridgehead atoms. The van der Waals surface area contributed by atoms with Crippen molar-refractivity contribution in [2.75, 3.05) is 0 Å². The lowest BCUT2D eigenvalue weighted by Crippen LogP contribution is -2.08. The summed E-state index contributed by atoms with van der Waals surface area (Å²) in [6.07, 6.45) is 10.6. The topological polar surface area (TPSA) is 46.5 Å². The smallest absolute Gasteiger partial charge is 0.138 e. The van der Waals surface area contributed by atoms with Crippen LogP contribution in [0.4, 0.5) is 4.39 Å². The summed E-state index contributed by atoms with van der Waals surface area (Å²) in [7, 11) is 0. The molecular formula is C23H25FN4. The summed E-state index contributed by atoms with van der Waals surface area (Å²) in [5.41, 5.74) is 4.14. The van der Waals surface area contributed by atoms with Gasteiger partial charge in [-0.3, -0.25) is 0 Å². The predicted molar refractivity (Wildman–Crippen MR) is 111 cm³/mol. The second kappa shape index (κ2) is 8.38. The lowest BCUT2D eigenvalue weighted by molar-refractivity contribution is 0.497. The molecule has 0 aliphatic carbocycles. The Morgan fingerprint density at radius 3 is 2.71 bits per heavy atom. The van der Waals surface area contributed by atoms with E-state index in [1.165, 1.54) is 37.0 Å². The summed E-state index contributed by atoms with van der Waals surface area (Å²) in [5, 5.41) is 0. The third-order valence-corrected chi connectivity index (χ3v) is 5.24. The summed E-state index contributed by atoms with van der Waals surface area (Å²) < 4.78 is 15.3. The van der Waals surface area contributed by atoms with Crippen molar-refractivity contribution >= 4 is 11.0 Å². The van der Waals surface area contributed by atoms with Gasteiger partial charge in [0.05, 0.1) is 17.4 Å². The minimum atomic E-state index is -0.239. The normalized spacial score (nSPS) is 12.5. The van der Waals surface area contributed by atoms with Gasteiger partial charge < -0.3 is 9.55 Å². The minimum Gasteiger partial charge on any atom is -0.338 e. The molecule has 0 saturated carbocycles. The van der Waals surface area contributed by atoms with Crippen LogP contribution >= 0.6 is 0 Å². The number of H-pyrrole nitrogens is 1. The first kappa shape index (κ1) is 18.4. The summed E-state index contributed by atoms with van der Waals surface area (Å²) in [6.45, 7) is 3.16. The van der Waals surface area contributed by atoms with Crippen molar-refractivity contribution in [3.8, 4) is 11.4 Å². The number of aromatic amines is 1. The lowest BCUT2D eigenvalue weighted by Gasteiger charge is -2.18. The van der Waals surface area contributed by atoms with E-state index in [-0.39, 0.29) is 5.82 Å². The number of halogens is 1. The molecule has 2 heterocycles. The number of aromatic nitrogens is 4. The van der Waals surface area contributed by atoms with E-state index in [4.69, 9.17) is 0 Å². The molecule has 28 heavy (non-hydrogen) atoms. The van der Waals surface area contributed by atoms with E-state index in [0.717, 1.165) is 35.4 Å². The van der Waals surface area contributed by atoms with Crippen molar-refractivity contribution in [1.29, 1.82) is 0 Å². The van der Waals surface area contributed by atoms with Gasteiger partial charge in [0.2, 0.25) is 0 Å². The van der Waals surface area contributed by atoms with Crippen LogP contribution < -0.4 is 0 Å². The van der Waals surface area contributed by atoms with E-state index in [1.807, 2.05) is 18.7 Å². The van der Waals surface area contributed by atoms with Crippen molar-refractivity contribution < 1.29 is 4.39 Å². The molecule has 4 rings (SSSR count). The Kier molecular flexibility index (Phi) is 5.51. The quantitative estimate of drug-likeness (QED) is 0.387. The highest BCUT2D eigenvalue weighted by atomic mass is 19.1. The van der Waals surface area contributed by atoms with Gasteiger partial charge >= 0.3 is 0 Å². The van der Waals surface area contributed by atoms with Gasteiger partial charge in [0.1, 0.15) is 11.6 Å². The van der Waals surface area contributed by atoms with Crippen LogP contribution in [0, 0.1) is 5.82 Å². The Hall–Kier alpha value is -2.95. The molecule has 2 aromatic carbocycles. The molecule has 0 amide bonds. The van der Waals surface area contributed by atoms with E-state index in [0.29, 0.717) is 5.92 Å². The first-order valence-electron chi connectivity index (χ1n) is 9.94. The van der Waals surface area contributed by atoms with Crippen LogP contribution in [0.25, 0.3) is 22.4 Å². The number of nitrogens with zero attached hydrogens (tertiary/aromatic N) is 3. The lowest BCUT2D eigenvalue weighted by atomic mass is 9.92. The van der Waals surface area contributed by atoms with Crippen molar-refractivity contribution in [1.82, 2.24) is 19.5 Å². The molecule has 0 spiro atoms. The molecule has 144 valence electrons. The zero-order chi connectivity index (χ0) is 19.3. The molecule has 4 nitrogen and oxygen atoms in total. The van der Waals surface area contributed by atoms with Crippen molar-refractivity contribution in [2.45, 2.75) is 45.1 Å². The van der Waals surface area contributed by atoms with Crippen LogP contribution in [0.5, 0.6) is 0 Å². The molecule has 2 aromatic heterocycles. The highest BCUT2D eigenvalue weighted by Crippen LogP contribution is 2.28. The number of hydrogen-bond acceptors (Lipinski definition) is 2. The third-order valence-electron chi connectivity index (χ3n) is 5.24. The predicted octanol–water partition coefficient (Wildman–Crippen LogP) is 5.93. The Bertz CT molecular complexity index is 1020. The molecule has 1 unspecified atom stereocenters. The fourth-order valence-electron chi connectivity index (χ4n) is 3.68. The molecule has 1 N–H and O–H groups in total. The monoisotopic (exact) mass is 376 g/mol. The van der Waals surface area contributed by atoms with E-state index in [1.54, 1.807) is 12.1 Å². The van der Waals surface area contributed by atoms with Crippen molar-refractivity contribution in [3.63, 3.8) is 0 Å². The average molecular weight is 376 g/mol. The van der Waals surface area contributed by atoms with E-state index < -0.39 is 0 Å². The molecule has 1 atom stereocenters. The Labute approximate surface area is 164 Å². The van der Waals surface area contributed by atoms with Gasteiger partial charge in [-0.25, -0.2) is 14.4 Å². The largest absolute Gasteiger partial charge is 0.338 e. The van der Waals surface area contributed by atoms with Gasteiger partial charge in [-0.15, -0.1) is 0 Å². The third kappa shape index (κ3) is 4.14. The molecule has 4 aromatic rings. The minimum absolute atomic E-state index is 0.239. The second-order valence-corrected chi connectivity index (χ2v) is 7.32. The summed E-state index contributed by atoms with van der Waals surface area (Å²) in [4.78, 5) is 12.2. The SMILES string of the molecule is CCCCCC(Cn1ccnc1)c1ccc2nc(-c3ccc(F)cc3)[nH]c2c1. The maximum absolute atomic E-state index is 13.2. The van der Waals surface area contributed by atoms with Crippen LogP contribution in [0.1, 0.15) is 44.1 Å². The van der Waals surface area contributed by atoms with Crippen LogP contribution in [0.2, 0.25) is 0 Å². The summed E-state index contributed by atoms with van der Waals surface area (Å²) >= 11 is 0. The Morgan fingerprint density at radius 2 is 1.96 bits per heavy atom. The maximum Gasteiger partial charge on any atom is 0.138 e. The van der Waals surface area contributed by atoms with Gasteiger partial charge in [-0.1, -0.05) is 32.3 Å². The number of unbranched alkanes of at least 4 members (excludes halogenated alkanes) is 2. The van der Waals surface area contributed by atoms with Gasteiger partial charge in [0, 0.05) is 30.4 Å². The zero-order valence-corrected chi connectivity index (χ0v) is 16.1. The molecule has 0 fully saturated rings. The van der Waals surface area contributed by atoms with E-state index in [2.05, 4.69) is 44.6 Å². The van der Waals surface area contributed by atoms with Gasteiger partial charge in [0.15, 0.2) is 0 Å². The van der Waals surface area contributed by atoms with Gasteiger partial charge in [0.25, 0.3) is 0 Å². The summed E-state index contributed by atoms with van der Waals surface area (Å²) in [6, 6.07) is 12.9. The van der Waals surface area contributed by atoms with E-state index in [9.17, 15) is 4.39 Å². The summed E-state index contributed by atoms with van der Waals surface area (Å²) in [5.74, 6) is 0.962. The zero-order valence-electron chi connectivity index (χ0n) is 16.1. The molecule has 0 radical (unpaired) electrons. The van der Waals surface area contributed by atoms with Crippen LogP contribution in [-0.4, -0.2) is 19.5 Å². The first-order chi connectivity index (χ1) is 13.7. The van der Waals surface area contributed by atoms with Crippen LogP contribution in [-0.2, 0) is 6.54 Å². The average Bonchev–Trinajstić information content (AvgIpc) is 3.37. The number of rotatable bonds is 8. The number of imidazole rings is 2. The second-order valence-electron chi connectivity index (χ2n) is 7.32. The number of nitrogens with one attached hydrogen (secondary N) is 1. The molecular weight excluding hydrogens is 351 g/mol. The van der Waals surface area contributed by atoms with Crippen molar-refractivity contribution in [3.05, 3.63) is 72.6 Å². The molecule has 0 aliphatic heterocycles.